The maximum atomic E-state index is 12.0. The molecule has 0 aliphatic carbocycles. The van der Waals surface area contributed by atoms with E-state index in [0.29, 0.717) is 18.4 Å². The molecule has 0 aromatic heterocycles. The molecule has 98 valence electrons. The zero-order valence-corrected chi connectivity index (χ0v) is 11.0. The van der Waals surface area contributed by atoms with Gasteiger partial charge < -0.3 is 10.4 Å². The molecular formula is C14H19NO3. The third-order valence-corrected chi connectivity index (χ3v) is 2.89. The van der Waals surface area contributed by atoms with Crippen molar-refractivity contribution < 1.29 is 14.7 Å². The average Bonchev–Trinajstić information content (AvgIpc) is 2.29. The molecule has 0 radical (unpaired) electrons. The van der Waals surface area contributed by atoms with Crippen LogP contribution in [0, 0.1) is 6.92 Å². The highest BCUT2D eigenvalue weighted by Crippen LogP contribution is 2.14. The summed E-state index contributed by atoms with van der Waals surface area (Å²) in [7, 11) is 0. The summed E-state index contributed by atoms with van der Waals surface area (Å²) >= 11 is 0. The van der Waals surface area contributed by atoms with Crippen LogP contribution in [0.2, 0.25) is 0 Å². The third kappa shape index (κ3) is 3.32. The highest BCUT2D eigenvalue weighted by molar-refractivity contribution is 5.97. The van der Waals surface area contributed by atoms with Crippen molar-refractivity contribution in [3.05, 3.63) is 35.4 Å². The highest BCUT2D eigenvalue weighted by atomic mass is 16.4. The average molecular weight is 249 g/mol. The minimum absolute atomic E-state index is 0.350. The molecule has 0 aliphatic rings. The SMILES string of the molecule is CCCC(C)(NC(=O)c1cccc(C)c1)C(=O)O. The van der Waals surface area contributed by atoms with E-state index < -0.39 is 11.5 Å². The number of carboxylic acids is 1. The van der Waals surface area contributed by atoms with Gasteiger partial charge in [0.1, 0.15) is 5.54 Å². The van der Waals surface area contributed by atoms with E-state index in [2.05, 4.69) is 5.32 Å². The van der Waals surface area contributed by atoms with Crippen LogP contribution in [-0.2, 0) is 4.79 Å². The van der Waals surface area contributed by atoms with Crippen molar-refractivity contribution in [2.75, 3.05) is 0 Å². The zero-order valence-electron chi connectivity index (χ0n) is 11.0. The molecule has 4 nitrogen and oxygen atoms in total. The van der Waals surface area contributed by atoms with Gasteiger partial charge in [0, 0.05) is 5.56 Å². The van der Waals surface area contributed by atoms with Crippen LogP contribution in [0.25, 0.3) is 0 Å². The molecule has 0 heterocycles. The normalized spacial score (nSPS) is 13.7. The van der Waals surface area contributed by atoms with Crippen LogP contribution < -0.4 is 5.32 Å². The molecule has 1 amide bonds. The van der Waals surface area contributed by atoms with Crippen LogP contribution in [0.4, 0.5) is 0 Å². The van der Waals surface area contributed by atoms with Crippen molar-refractivity contribution in [2.24, 2.45) is 0 Å². The van der Waals surface area contributed by atoms with Gasteiger partial charge in [0.05, 0.1) is 0 Å². The topological polar surface area (TPSA) is 66.4 Å². The van der Waals surface area contributed by atoms with Gasteiger partial charge in [-0.3, -0.25) is 4.79 Å². The first-order chi connectivity index (χ1) is 8.39. The number of hydrogen-bond donors (Lipinski definition) is 2. The van der Waals surface area contributed by atoms with Gasteiger partial charge in [0.2, 0.25) is 0 Å². The van der Waals surface area contributed by atoms with E-state index >= 15 is 0 Å². The lowest BCUT2D eigenvalue weighted by Gasteiger charge is -2.25. The minimum atomic E-state index is -1.21. The monoisotopic (exact) mass is 249 g/mol. The summed E-state index contributed by atoms with van der Waals surface area (Å²) in [5.74, 6) is -1.36. The molecule has 1 rings (SSSR count). The summed E-state index contributed by atoms with van der Waals surface area (Å²) < 4.78 is 0. The highest BCUT2D eigenvalue weighted by Gasteiger charge is 2.33. The Kier molecular flexibility index (Phi) is 4.48. The van der Waals surface area contributed by atoms with Gasteiger partial charge in [0.15, 0.2) is 0 Å². The maximum Gasteiger partial charge on any atom is 0.329 e. The van der Waals surface area contributed by atoms with Crippen molar-refractivity contribution in [1.29, 1.82) is 0 Å². The van der Waals surface area contributed by atoms with Crippen LogP contribution in [0.15, 0.2) is 24.3 Å². The van der Waals surface area contributed by atoms with E-state index in [4.69, 9.17) is 0 Å². The number of amides is 1. The zero-order chi connectivity index (χ0) is 13.8. The molecule has 0 bridgehead atoms. The molecule has 18 heavy (non-hydrogen) atoms. The number of aryl methyl sites for hydroxylation is 1. The molecule has 1 unspecified atom stereocenters. The standard InChI is InChI=1S/C14H19NO3/c1-4-8-14(3,13(17)18)15-12(16)11-7-5-6-10(2)9-11/h5-7,9H,4,8H2,1-3H3,(H,15,16)(H,17,18). The van der Waals surface area contributed by atoms with Crippen molar-refractivity contribution in [3.8, 4) is 0 Å². The maximum absolute atomic E-state index is 12.0. The van der Waals surface area contributed by atoms with Crippen molar-refractivity contribution >= 4 is 11.9 Å². The molecule has 0 fully saturated rings. The molecular weight excluding hydrogens is 230 g/mol. The molecule has 2 N–H and O–H groups in total. The predicted octanol–water partition coefficient (Wildman–Crippen LogP) is 2.37. The van der Waals surface area contributed by atoms with E-state index in [-0.39, 0.29) is 5.91 Å². The Bertz CT molecular complexity index is 456. The Morgan fingerprint density at radius 1 is 1.39 bits per heavy atom. The van der Waals surface area contributed by atoms with E-state index in [1.165, 1.54) is 6.92 Å². The van der Waals surface area contributed by atoms with Gasteiger partial charge in [-0.05, 0) is 32.4 Å². The first-order valence-corrected chi connectivity index (χ1v) is 6.01. The van der Waals surface area contributed by atoms with Gasteiger partial charge in [-0.25, -0.2) is 4.79 Å². The Hall–Kier alpha value is -1.84. The molecule has 0 spiro atoms. The summed E-state index contributed by atoms with van der Waals surface area (Å²) in [6, 6.07) is 7.08. The van der Waals surface area contributed by atoms with Crippen LogP contribution in [-0.4, -0.2) is 22.5 Å². The fraction of sp³-hybridized carbons (Fsp3) is 0.429. The number of carbonyl (C=O) groups excluding carboxylic acids is 1. The molecule has 1 aromatic carbocycles. The van der Waals surface area contributed by atoms with Gasteiger partial charge in [-0.15, -0.1) is 0 Å². The fourth-order valence-electron chi connectivity index (χ4n) is 1.83. The smallest absolute Gasteiger partial charge is 0.329 e. The van der Waals surface area contributed by atoms with E-state index in [0.717, 1.165) is 5.56 Å². The summed E-state index contributed by atoms with van der Waals surface area (Å²) in [6.07, 6.45) is 1.09. The van der Waals surface area contributed by atoms with Crippen LogP contribution in [0.1, 0.15) is 42.6 Å². The summed E-state index contributed by atoms with van der Waals surface area (Å²) in [5.41, 5.74) is 0.240. The molecule has 0 saturated carbocycles. The Labute approximate surface area is 107 Å². The first kappa shape index (κ1) is 14.2. The number of benzene rings is 1. The Morgan fingerprint density at radius 2 is 2.06 bits per heavy atom. The number of nitrogens with one attached hydrogen (secondary N) is 1. The lowest BCUT2D eigenvalue weighted by Crippen LogP contribution is -2.52. The van der Waals surface area contributed by atoms with Crippen LogP contribution in [0.3, 0.4) is 0 Å². The fourth-order valence-corrected chi connectivity index (χ4v) is 1.83. The second kappa shape index (κ2) is 5.67. The predicted molar refractivity (Wildman–Crippen MR) is 69.6 cm³/mol. The molecule has 4 heteroatoms. The number of carbonyl (C=O) groups is 2. The second-order valence-electron chi connectivity index (χ2n) is 4.71. The molecule has 1 atom stereocenters. The molecule has 0 aliphatic heterocycles. The number of rotatable bonds is 5. The van der Waals surface area contributed by atoms with Gasteiger partial charge in [0.25, 0.3) is 5.91 Å². The quantitative estimate of drug-likeness (QED) is 0.841. The summed E-state index contributed by atoms with van der Waals surface area (Å²) in [6.45, 7) is 5.31. The number of hydrogen-bond acceptors (Lipinski definition) is 2. The van der Waals surface area contributed by atoms with Gasteiger partial charge >= 0.3 is 5.97 Å². The molecule has 0 saturated heterocycles. The van der Waals surface area contributed by atoms with Crippen molar-refractivity contribution in [1.82, 2.24) is 5.32 Å². The lowest BCUT2D eigenvalue weighted by atomic mass is 9.95. The summed E-state index contributed by atoms with van der Waals surface area (Å²) in [4.78, 5) is 23.2. The van der Waals surface area contributed by atoms with Crippen molar-refractivity contribution in [2.45, 2.75) is 39.2 Å². The lowest BCUT2D eigenvalue weighted by molar-refractivity contribution is -0.144. The minimum Gasteiger partial charge on any atom is -0.480 e. The van der Waals surface area contributed by atoms with Crippen molar-refractivity contribution in [3.63, 3.8) is 0 Å². The van der Waals surface area contributed by atoms with Gasteiger partial charge in [-0.2, -0.15) is 0 Å². The van der Waals surface area contributed by atoms with E-state index in [9.17, 15) is 14.7 Å². The third-order valence-electron chi connectivity index (χ3n) is 2.89. The Morgan fingerprint density at radius 3 is 2.56 bits per heavy atom. The number of aliphatic carboxylic acids is 1. The van der Waals surface area contributed by atoms with Gasteiger partial charge in [-0.1, -0.05) is 31.0 Å². The molecule has 1 aromatic rings. The first-order valence-electron chi connectivity index (χ1n) is 6.01. The number of carboxylic acid groups (broad SMARTS) is 1. The van der Waals surface area contributed by atoms with Crippen LogP contribution >= 0.6 is 0 Å². The van der Waals surface area contributed by atoms with E-state index in [1.807, 2.05) is 19.9 Å². The Balaban J connectivity index is 2.88. The largest absolute Gasteiger partial charge is 0.480 e. The summed E-state index contributed by atoms with van der Waals surface area (Å²) in [5, 5.41) is 11.8. The van der Waals surface area contributed by atoms with Crippen LogP contribution in [0.5, 0.6) is 0 Å². The van der Waals surface area contributed by atoms with E-state index in [1.54, 1.807) is 18.2 Å². The second-order valence-corrected chi connectivity index (χ2v) is 4.71.